The standard InChI is InChI=1S/C10H14O8S2.C9H19N/c11-9(17-5-7-19(13)14)3-1-2-4-10(12)18-6-8-20(15)16;1-8(2)6-5-7-9(3,4)10-8/h7-8H,1-6H2;10H,5-7H2,1-4H3. The Morgan fingerprint density at radius 1 is 0.800 bits per heavy atom. The van der Waals surface area contributed by atoms with E-state index in [1.54, 1.807) is 0 Å². The van der Waals surface area contributed by atoms with E-state index in [1.165, 1.54) is 19.3 Å². The lowest BCUT2D eigenvalue weighted by Gasteiger charge is -2.42. The fourth-order valence-electron chi connectivity index (χ4n) is 3.06. The highest BCUT2D eigenvalue weighted by Gasteiger charge is 2.31. The molecule has 30 heavy (non-hydrogen) atoms. The van der Waals surface area contributed by atoms with Gasteiger partial charge in [0.25, 0.3) is 0 Å². The highest BCUT2D eigenvalue weighted by Crippen LogP contribution is 2.27. The second-order valence-corrected chi connectivity index (χ2v) is 9.88. The smallest absolute Gasteiger partial charge is 0.306 e. The summed E-state index contributed by atoms with van der Waals surface area (Å²) in [4.78, 5) is 22.2. The Bertz CT molecular complexity index is 743. The molecule has 0 unspecified atom stereocenters. The average Bonchev–Trinajstić information content (AvgIpc) is 2.56. The van der Waals surface area contributed by atoms with Gasteiger partial charge in [0.15, 0.2) is 0 Å². The van der Waals surface area contributed by atoms with Gasteiger partial charge in [0.2, 0.25) is 20.6 Å². The Morgan fingerprint density at radius 3 is 1.43 bits per heavy atom. The number of unbranched alkanes of at least 4 members (excludes halogenated alkanes) is 1. The molecular weight excluding hydrogens is 434 g/mol. The summed E-state index contributed by atoms with van der Waals surface area (Å²) in [5.74, 6) is -1.12. The van der Waals surface area contributed by atoms with Gasteiger partial charge < -0.3 is 14.8 Å². The van der Waals surface area contributed by atoms with Gasteiger partial charge in [-0.15, -0.1) is 0 Å². The third kappa shape index (κ3) is 17.2. The molecule has 1 saturated heterocycles. The lowest BCUT2D eigenvalue weighted by atomic mass is 9.83. The zero-order chi connectivity index (χ0) is 23.2. The number of hydrogen-bond acceptors (Lipinski definition) is 9. The van der Waals surface area contributed by atoms with Crippen LogP contribution in [0.3, 0.4) is 0 Å². The molecule has 0 aliphatic carbocycles. The molecule has 0 aromatic heterocycles. The zero-order valence-electron chi connectivity index (χ0n) is 18.1. The van der Waals surface area contributed by atoms with Gasteiger partial charge >= 0.3 is 11.9 Å². The quantitative estimate of drug-likeness (QED) is 0.303. The van der Waals surface area contributed by atoms with E-state index in [9.17, 15) is 26.4 Å². The van der Waals surface area contributed by atoms with Gasteiger partial charge in [0.1, 0.15) is 13.2 Å². The Kier molecular flexibility index (Phi) is 13.5. The molecule has 0 aromatic rings. The van der Waals surface area contributed by atoms with E-state index in [0.717, 1.165) is 10.7 Å². The van der Waals surface area contributed by atoms with Crippen molar-refractivity contribution >= 4 is 43.3 Å². The molecular formula is C19H33NO8S2. The second-order valence-electron chi connectivity index (χ2n) is 8.17. The first-order valence-corrected chi connectivity index (χ1v) is 12.0. The molecule has 11 heteroatoms. The number of ether oxygens (including phenoxy) is 2. The molecule has 0 amide bonds. The van der Waals surface area contributed by atoms with E-state index in [1.807, 2.05) is 0 Å². The molecule has 9 nitrogen and oxygen atoms in total. The molecule has 0 bridgehead atoms. The van der Waals surface area contributed by atoms with Gasteiger partial charge in [-0.2, -0.15) is 16.8 Å². The zero-order valence-corrected chi connectivity index (χ0v) is 19.7. The largest absolute Gasteiger partial charge is 0.460 e. The fourth-order valence-corrected chi connectivity index (χ4v) is 3.42. The Balaban J connectivity index is 0.000000696. The van der Waals surface area contributed by atoms with Crippen LogP contribution in [0.2, 0.25) is 0 Å². The summed E-state index contributed by atoms with van der Waals surface area (Å²) >= 11 is 0. The molecule has 1 heterocycles. The van der Waals surface area contributed by atoms with Gasteiger partial charge in [0.05, 0.1) is 10.7 Å². The molecule has 1 aliphatic rings. The van der Waals surface area contributed by atoms with Crippen LogP contribution in [0.5, 0.6) is 0 Å². The minimum atomic E-state index is -2.36. The summed E-state index contributed by atoms with van der Waals surface area (Å²) < 4.78 is 49.6. The molecule has 0 spiro atoms. The van der Waals surface area contributed by atoms with E-state index >= 15 is 0 Å². The summed E-state index contributed by atoms with van der Waals surface area (Å²) in [6.07, 6.45) is 4.88. The molecule has 0 saturated carbocycles. The summed E-state index contributed by atoms with van der Waals surface area (Å²) in [6, 6.07) is 0. The van der Waals surface area contributed by atoms with Crippen molar-refractivity contribution in [3.05, 3.63) is 0 Å². The third-order valence-electron chi connectivity index (χ3n) is 4.19. The summed E-state index contributed by atoms with van der Waals surface area (Å²) in [5, 5.41) is 5.25. The first-order chi connectivity index (χ1) is 13.8. The Labute approximate surface area is 181 Å². The highest BCUT2D eigenvalue weighted by molar-refractivity contribution is 7.71. The average molecular weight is 468 g/mol. The van der Waals surface area contributed by atoms with Gasteiger partial charge in [-0.3, -0.25) is 9.59 Å². The monoisotopic (exact) mass is 467 g/mol. The van der Waals surface area contributed by atoms with Crippen molar-refractivity contribution in [1.82, 2.24) is 5.32 Å². The van der Waals surface area contributed by atoms with Crippen molar-refractivity contribution in [3.63, 3.8) is 0 Å². The molecule has 0 radical (unpaired) electrons. The maximum Gasteiger partial charge on any atom is 0.306 e. The molecule has 0 atom stereocenters. The number of rotatable bonds is 9. The molecule has 1 fully saturated rings. The van der Waals surface area contributed by atoms with Crippen LogP contribution >= 0.6 is 0 Å². The van der Waals surface area contributed by atoms with E-state index in [4.69, 9.17) is 0 Å². The number of nitrogens with one attached hydrogen (secondary N) is 1. The molecule has 174 valence electrons. The maximum absolute atomic E-state index is 11.1. The predicted octanol–water partition coefficient (Wildman–Crippen LogP) is 1.31. The minimum absolute atomic E-state index is 0.0588. The number of piperidine rings is 1. The van der Waals surface area contributed by atoms with Gasteiger partial charge in [-0.25, -0.2) is 0 Å². The van der Waals surface area contributed by atoms with Crippen molar-refractivity contribution < 1.29 is 35.9 Å². The first kappa shape index (κ1) is 28.3. The number of esters is 2. The molecule has 1 rings (SSSR count). The van der Waals surface area contributed by atoms with Crippen LogP contribution in [0.4, 0.5) is 0 Å². The van der Waals surface area contributed by atoms with Crippen molar-refractivity contribution in [2.45, 2.75) is 83.7 Å². The molecule has 0 aromatic carbocycles. The number of hydrogen-bond donors (Lipinski definition) is 1. The number of carbonyl (C=O) groups excluding carboxylic acids is 2. The van der Waals surface area contributed by atoms with Crippen LogP contribution < -0.4 is 5.32 Å². The van der Waals surface area contributed by atoms with Crippen molar-refractivity contribution in [3.8, 4) is 0 Å². The second kappa shape index (κ2) is 14.3. The minimum Gasteiger partial charge on any atom is -0.460 e. The van der Waals surface area contributed by atoms with Gasteiger partial charge in [-0.1, -0.05) is 0 Å². The SMILES string of the molecule is CC1(C)CCCC(C)(C)N1.O=C(CCCCC(=O)OCC=S(=O)=O)OCC=S(=O)=O. The van der Waals surface area contributed by atoms with Crippen molar-refractivity contribution in [2.75, 3.05) is 13.2 Å². The summed E-state index contributed by atoms with van der Waals surface area (Å²) in [5.41, 5.74) is 0.726. The van der Waals surface area contributed by atoms with Crippen LogP contribution in [-0.4, -0.2) is 63.8 Å². The molecule has 1 aliphatic heterocycles. The van der Waals surface area contributed by atoms with Crippen LogP contribution in [0.15, 0.2) is 0 Å². The summed E-state index contributed by atoms with van der Waals surface area (Å²) in [6.45, 7) is 8.53. The van der Waals surface area contributed by atoms with E-state index in [2.05, 4.69) is 42.5 Å². The Hall–Kier alpha value is -1.72. The lowest BCUT2D eigenvalue weighted by Crippen LogP contribution is -2.55. The Morgan fingerprint density at radius 2 is 1.17 bits per heavy atom. The van der Waals surface area contributed by atoms with Crippen LogP contribution in [0.25, 0.3) is 0 Å². The van der Waals surface area contributed by atoms with Crippen LogP contribution in [-0.2, 0) is 39.6 Å². The van der Waals surface area contributed by atoms with Crippen LogP contribution in [0.1, 0.15) is 72.6 Å². The normalized spacial score (nSPS) is 16.3. The van der Waals surface area contributed by atoms with Gasteiger partial charge in [-0.05, 0) is 59.8 Å². The highest BCUT2D eigenvalue weighted by atomic mass is 32.2. The number of carbonyl (C=O) groups is 2. The first-order valence-electron chi connectivity index (χ1n) is 9.76. The van der Waals surface area contributed by atoms with Crippen molar-refractivity contribution in [1.29, 1.82) is 0 Å². The molecule has 1 N–H and O–H groups in total. The van der Waals surface area contributed by atoms with Crippen LogP contribution in [0, 0.1) is 0 Å². The predicted molar refractivity (Wildman–Crippen MR) is 115 cm³/mol. The third-order valence-corrected chi connectivity index (χ3v) is 5.01. The van der Waals surface area contributed by atoms with E-state index in [-0.39, 0.29) is 26.1 Å². The van der Waals surface area contributed by atoms with Gasteiger partial charge in [0, 0.05) is 23.9 Å². The fraction of sp³-hybridized carbons (Fsp3) is 0.789. The van der Waals surface area contributed by atoms with E-state index in [0.29, 0.717) is 23.9 Å². The summed E-state index contributed by atoms with van der Waals surface area (Å²) in [7, 11) is -4.73. The van der Waals surface area contributed by atoms with E-state index < -0.39 is 32.5 Å². The van der Waals surface area contributed by atoms with Crippen molar-refractivity contribution in [2.24, 2.45) is 0 Å². The maximum atomic E-state index is 11.1. The topological polar surface area (TPSA) is 133 Å². The lowest BCUT2D eigenvalue weighted by molar-refractivity contribution is -0.144.